The molecule has 0 bridgehead atoms. The van der Waals surface area contributed by atoms with Gasteiger partial charge >= 0.3 is 11.8 Å². The predicted molar refractivity (Wildman–Crippen MR) is 85.8 cm³/mol. The minimum Gasteiger partial charge on any atom is -0.297 e. The molecular formula is C16H12N6O2. The molecule has 0 fully saturated rings. The average molecular weight is 320 g/mol. The molecule has 0 aromatic heterocycles. The predicted octanol–water partition coefficient (Wildman–Crippen LogP) is 1.02. The Morgan fingerprint density at radius 1 is 0.708 bits per heavy atom. The Kier molecular flexibility index (Phi) is 5.32. The SMILES string of the molecule is N#Cc1ccccc1NNC(=O)C(=O)NNc1ccccc1C#N. The zero-order chi connectivity index (χ0) is 17.4. The Hall–Kier alpha value is -4.04. The Morgan fingerprint density at radius 3 is 1.46 bits per heavy atom. The van der Waals surface area contributed by atoms with E-state index in [1.54, 1.807) is 48.5 Å². The molecule has 0 radical (unpaired) electrons. The maximum Gasteiger partial charge on any atom is 0.329 e. The number of rotatable bonds is 4. The van der Waals surface area contributed by atoms with Crippen LogP contribution < -0.4 is 21.7 Å². The fraction of sp³-hybridized carbons (Fsp3) is 0. The van der Waals surface area contributed by atoms with E-state index < -0.39 is 11.8 Å². The fourth-order valence-corrected chi connectivity index (χ4v) is 1.74. The summed E-state index contributed by atoms with van der Waals surface area (Å²) in [4.78, 5) is 23.4. The van der Waals surface area contributed by atoms with E-state index in [-0.39, 0.29) is 0 Å². The fourth-order valence-electron chi connectivity index (χ4n) is 1.74. The Labute approximate surface area is 137 Å². The van der Waals surface area contributed by atoms with E-state index in [1.165, 1.54) is 0 Å². The van der Waals surface area contributed by atoms with Crippen molar-refractivity contribution < 1.29 is 9.59 Å². The quantitative estimate of drug-likeness (QED) is 0.491. The summed E-state index contributed by atoms with van der Waals surface area (Å²) in [5.74, 6) is -1.94. The first kappa shape index (κ1) is 16.3. The number of carbonyl (C=O) groups is 2. The highest BCUT2D eigenvalue weighted by atomic mass is 16.2. The Bertz CT molecular complexity index is 779. The molecule has 2 aromatic rings. The van der Waals surface area contributed by atoms with Gasteiger partial charge in [0.05, 0.1) is 22.5 Å². The van der Waals surface area contributed by atoms with Crippen molar-refractivity contribution in [3.05, 3.63) is 59.7 Å². The number of nitrogens with zero attached hydrogens (tertiary/aromatic N) is 2. The number of nitriles is 2. The van der Waals surface area contributed by atoms with Crippen molar-refractivity contribution >= 4 is 23.2 Å². The molecule has 2 amide bonds. The molecule has 0 saturated heterocycles. The third kappa shape index (κ3) is 4.00. The monoisotopic (exact) mass is 320 g/mol. The van der Waals surface area contributed by atoms with Crippen LogP contribution in [-0.4, -0.2) is 11.8 Å². The maximum atomic E-state index is 11.7. The van der Waals surface area contributed by atoms with E-state index in [4.69, 9.17) is 10.5 Å². The van der Waals surface area contributed by atoms with Gasteiger partial charge in [0.2, 0.25) is 0 Å². The summed E-state index contributed by atoms with van der Waals surface area (Å²) in [6, 6.07) is 16.9. The number of carbonyl (C=O) groups excluding carboxylic acids is 2. The third-order valence-electron chi connectivity index (χ3n) is 2.92. The Balaban J connectivity index is 1.90. The number of anilines is 2. The van der Waals surface area contributed by atoms with Gasteiger partial charge in [-0.1, -0.05) is 24.3 Å². The second kappa shape index (κ2) is 7.82. The van der Waals surface area contributed by atoms with E-state index in [2.05, 4.69) is 21.7 Å². The molecule has 0 saturated carbocycles. The van der Waals surface area contributed by atoms with Gasteiger partial charge in [0, 0.05) is 0 Å². The van der Waals surface area contributed by atoms with Gasteiger partial charge in [-0.15, -0.1) is 0 Å². The van der Waals surface area contributed by atoms with E-state index >= 15 is 0 Å². The average Bonchev–Trinajstić information content (AvgIpc) is 2.64. The molecule has 0 aliphatic carbocycles. The molecule has 4 N–H and O–H groups in total. The summed E-state index contributed by atoms with van der Waals surface area (Å²) >= 11 is 0. The summed E-state index contributed by atoms with van der Waals surface area (Å²) in [6.07, 6.45) is 0. The van der Waals surface area contributed by atoms with Gasteiger partial charge in [-0.05, 0) is 24.3 Å². The zero-order valence-corrected chi connectivity index (χ0v) is 12.3. The molecule has 0 unspecified atom stereocenters. The summed E-state index contributed by atoms with van der Waals surface area (Å²) in [5, 5.41) is 17.9. The van der Waals surface area contributed by atoms with Crippen LogP contribution in [0.4, 0.5) is 11.4 Å². The largest absolute Gasteiger partial charge is 0.329 e. The number of para-hydroxylation sites is 2. The maximum absolute atomic E-state index is 11.7. The zero-order valence-electron chi connectivity index (χ0n) is 12.3. The first-order chi connectivity index (χ1) is 11.7. The molecular weight excluding hydrogens is 308 g/mol. The lowest BCUT2D eigenvalue weighted by Crippen LogP contribution is -2.44. The minimum atomic E-state index is -0.968. The van der Waals surface area contributed by atoms with Gasteiger partial charge in [-0.25, -0.2) is 0 Å². The molecule has 0 aliphatic rings. The van der Waals surface area contributed by atoms with Crippen molar-refractivity contribution in [3.63, 3.8) is 0 Å². The second-order valence-corrected chi connectivity index (χ2v) is 4.47. The molecule has 0 spiro atoms. The van der Waals surface area contributed by atoms with Crippen LogP contribution in [0.25, 0.3) is 0 Å². The van der Waals surface area contributed by atoms with Crippen molar-refractivity contribution in [2.45, 2.75) is 0 Å². The number of hydrogen-bond acceptors (Lipinski definition) is 6. The van der Waals surface area contributed by atoms with Crippen LogP contribution in [0.3, 0.4) is 0 Å². The molecule has 0 aliphatic heterocycles. The van der Waals surface area contributed by atoms with Crippen molar-refractivity contribution in [2.75, 3.05) is 10.9 Å². The highest BCUT2D eigenvalue weighted by Gasteiger charge is 2.13. The van der Waals surface area contributed by atoms with Gasteiger partial charge in [0.15, 0.2) is 0 Å². The second-order valence-electron chi connectivity index (χ2n) is 4.47. The lowest BCUT2D eigenvalue weighted by Gasteiger charge is -2.11. The molecule has 0 atom stereocenters. The van der Waals surface area contributed by atoms with Crippen LogP contribution in [0.5, 0.6) is 0 Å². The van der Waals surface area contributed by atoms with Crippen LogP contribution in [0.15, 0.2) is 48.5 Å². The van der Waals surface area contributed by atoms with Gasteiger partial charge < -0.3 is 0 Å². The smallest absolute Gasteiger partial charge is 0.297 e. The van der Waals surface area contributed by atoms with E-state index in [1.807, 2.05) is 12.1 Å². The highest BCUT2D eigenvalue weighted by Crippen LogP contribution is 2.12. The number of benzene rings is 2. The topological polar surface area (TPSA) is 130 Å². The molecule has 8 heteroatoms. The van der Waals surface area contributed by atoms with Gasteiger partial charge in [0.25, 0.3) is 0 Å². The van der Waals surface area contributed by atoms with Crippen molar-refractivity contribution in [3.8, 4) is 12.1 Å². The lowest BCUT2D eigenvalue weighted by atomic mass is 10.2. The molecule has 2 aromatic carbocycles. The van der Waals surface area contributed by atoms with E-state index in [0.29, 0.717) is 22.5 Å². The van der Waals surface area contributed by atoms with Gasteiger partial charge in [-0.2, -0.15) is 10.5 Å². The summed E-state index contributed by atoms with van der Waals surface area (Å²) in [5.41, 5.74) is 10.7. The molecule has 118 valence electrons. The molecule has 24 heavy (non-hydrogen) atoms. The molecule has 0 heterocycles. The van der Waals surface area contributed by atoms with Crippen molar-refractivity contribution in [2.24, 2.45) is 0 Å². The summed E-state index contributed by atoms with van der Waals surface area (Å²) in [6.45, 7) is 0. The Morgan fingerprint density at radius 2 is 1.08 bits per heavy atom. The molecule has 2 rings (SSSR count). The van der Waals surface area contributed by atoms with Crippen LogP contribution in [-0.2, 0) is 9.59 Å². The first-order valence-corrected chi connectivity index (χ1v) is 6.76. The van der Waals surface area contributed by atoms with Crippen LogP contribution in [0.1, 0.15) is 11.1 Å². The van der Waals surface area contributed by atoms with Crippen molar-refractivity contribution in [1.82, 2.24) is 10.9 Å². The number of hydrazine groups is 2. The van der Waals surface area contributed by atoms with Gasteiger partial charge in [-0.3, -0.25) is 31.3 Å². The van der Waals surface area contributed by atoms with Crippen molar-refractivity contribution in [1.29, 1.82) is 10.5 Å². The third-order valence-corrected chi connectivity index (χ3v) is 2.92. The van der Waals surface area contributed by atoms with Crippen LogP contribution >= 0.6 is 0 Å². The van der Waals surface area contributed by atoms with Crippen LogP contribution in [0, 0.1) is 22.7 Å². The first-order valence-electron chi connectivity index (χ1n) is 6.76. The van der Waals surface area contributed by atoms with Crippen LogP contribution in [0.2, 0.25) is 0 Å². The van der Waals surface area contributed by atoms with E-state index in [9.17, 15) is 9.59 Å². The summed E-state index contributed by atoms with van der Waals surface area (Å²) in [7, 11) is 0. The minimum absolute atomic E-state index is 0.319. The number of hydrogen-bond donors (Lipinski definition) is 4. The number of nitrogens with one attached hydrogen (secondary N) is 4. The standard InChI is InChI=1S/C16H12N6O2/c17-9-11-5-1-3-7-13(11)19-21-15(23)16(24)22-20-14-8-4-2-6-12(14)10-18/h1-8,19-20H,(H,21,23)(H,22,24). The van der Waals surface area contributed by atoms with Gasteiger partial charge in [0.1, 0.15) is 12.1 Å². The summed E-state index contributed by atoms with van der Waals surface area (Å²) < 4.78 is 0. The lowest BCUT2D eigenvalue weighted by molar-refractivity contribution is -0.138. The normalized spacial score (nSPS) is 9.08. The molecule has 8 nitrogen and oxygen atoms in total. The van der Waals surface area contributed by atoms with E-state index in [0.717, 1.165) is 0 Å². The number of amides is 2. The highest BCUT2D eigenvalue weighted by molar-refractivity contribution is 6.35.